The van der Waals surface area contributed by atoms with Crippen molar-refractivity contribution in [2.75, 3.05) is 5.32 Å². The van der Waals surface area contributed by atoms with E-state index in [0.717, 1.165) is 16.9 Å². The number of nitrogens with one attached hydrogen (secondary N) is 1. The first kappa shape index (κ1) is 28.4. The summed E-state index contributed by atoms with van der Waals surface area (Å²) in [5.74, 6) is 0. The van der Waals surface area contributed by atoms with Crippen LogP contribution >= 0.6 is 0 Å². The Bertz CT molecular complexity index is 2980. The molecule has 238 valence electrons. The lowest BCUT2D eigenvalue weighted by Crippen LogP contribution is -2.10. The smallest absolute Gasteiger partial charge is 0.0991 e. The van der Waals surface area contributed by atoms with Gasteiger partial charge >= 0.3 is 0 Å². The summed E-state index contributed by atoms with van der Waals surface area (Å²) in [6.45, 7) is 6.76. The van der Waals surface area contributed by atoms with Crippen molar-refractivity contribution >= 4 is 54.5 Å². The zero-order valence-electron chi connectivity index (χ0n) is 28.6. The lowest BCUT2D eigenvalue weighted by atomic mass is 9.86. The first-order valence-electron chi connectivity index (χ1n) is 17.7. The van der Waals surface area contributed by atoms with E-state index in [9.17, 15) is 5.26 Å². The molecule has 11 rings (SSSR count). The fourth-order valence-electron chi connectivity index (χ4n) is 9.01. The number of nitrogens with zero attached hydrogens (tertiary/aromatic N) is 1. The maximum absolute atomic E-state index is 9.29. The van der Waals surface area contributed by atoms with Gasteiger partial charge in [0, 0.05) is 11.4 Å². The van der Waals surface area contributed by atoms with E-state index in [-0.39, 0.29) is 5.41 Å². The van der Waals surface area contributed by atoms with Crippen molar-refractivity contribution < 1.29 is 0 Å². The van der Waals surface area contributed by atoms with Gasteiger partial charge in [-0.05, 0) is 152 Å². The first-order valence-corrected chi connectivity index (χ1v) is 17.7. The van der Waals surface area contributed by atoms with E-state index in [1.54, 1.807) is 0 Å². The van der Waals surface area contributed by atoms with Crippen LogP contribution in [-0.2, 0) is 5.41 Å². The Hall–Kier alpha value is -6.43. The number of anilines is 2. The molecule has 0 saturated heterocycles. The van der Waals surface area contributed by atoms with E-state index in [2.05, 4.69) is 141 Å². The highest BCUT2D eigenvalue weighted by Crippen LogP contribution is 2.56. The van der Waals surface area contributed by atoms with Crippen molar-refractivity contribution in [3.05, 3.63) is 145 Å². The predicted octanol–water partition coefficient (Wildman–Crippen LogP) is 13.6. The van der Waals surface area contributed by atoms with Crippen LogP contribution in [0, 0.1) is 11.3 Å². The van der Waals surface area contributed by atoms with Crippen molar-refractivity contribution in [3.8, 4) is 61.7 Å². The molecule has 0 bridgehead atoms. The second-order valence-corrected chi connectivity index (χ2v) is 15.3. The molecular formula is C49H32N2. The molecule has 0 aromatic heterocycles. The van der Waals surface area contributed by atoms with Crippen molar-refractivity contribution in [3.63, 3.8) is 0 Å². The summed E-state index contributed by atoms with van der Waals surface area (Å²) in [6.07, 6.45) is 0. The standard InChI is InChI=1S/C49H32N2/c1-49(2,3)30-9-11-31(12-10-30)51-32-13-15-34-36-17-19-38-39-20-22-41-43-24-29(28-6-4-27(26-50)5-7-28)8-14-33(43)35-16-18-37(47(39)45(35)41)40-21-23-42(44(34)25-32)46(36)48(38)40/h4-25,51H,1-3H3. The Morgan fingerprint density at radius 1 is 0.412 bits per heavy atom. The third-order valence-corrected chi connectivity index (χ3v) is 11.5. The van der Waals surface area contributed by atoms with Crippen LogP contribution in [0.25, 0.3) is 98.7 Å². The molecule has 0 heterocycles. The van der Waals surface area contributed by atoms with E-state index >= 15 is 0 Å². The summed E-state index contributed by atoms with van der Waals surface area (Å²) in [6, 6.07) is 51.4. The van der Waals surface area contributed by atoms with Gasteiger partial charge in [-0.3, -0.25) is 0 Å². The molecular weight excluding hydrogens is 617 g/mol. The van der Waals surface area contributed by atoms with Gasteiger partial charge in [0.25, 0.3) is 0 Å². The number of hydrogen-bond acceptors (Lipinski definition) is 2. The predicted molar refractivity (Wildman–Crippen MR) is 215 cm³/mol. The summed E-state index contributed by atoms with van der Waals surface area (Å²) in [7, 11) is 0. The molecule has 0 saturated carbocycles. The minimum atomic E-state index is 0.132. The van der Waals surface area contributed by atoms with E-state index in [1.165, 1.54) is 98.7 Å². The topological polar surface area (TPSA) is 35.8 Å². The van der Waals surface area contributed by atoms with Crippen LogP contribution in [0.1, 0.15) is 31.9 Å². The molecule has 0 unspecified atom stereocenters. The molecule has 0 amide bonds. The van der Waals surface area contributed by atoms with Crippen LogP contribution in [0.15, 0.2) is 133 Å². The van der Waals surface area contributed by atoms with Crippen LogP contribution in [0.5, 0.6) is 0 Å². The van der Waals surface area contributed by atoms with Gasteiger partial charge in [-0.1, -0.05) is 112 Å². The third kappa shape index (κ3) is 3.87. The van der Waals surface area contributed by atoms with Crippen molar-refractivity contribution in [2.45, 2.75) is 26.2 Å². The molecule has 0 fully saturated rings. The second kappa shape index (κ2) is 9.84. The molecule has 0 spiro atoms. The Kier molecular flexibility index (Phi) is 5.48. The minimum Gasteiger partial charge on any atom is -0.356 e. The van der Waals surface area contributed by atoms with Gasteiger partial charge in [-0.2, -0.15) is 5.26 Å². The maximum Gasteiger partial charge on any atom is 0.0991 e. The monoisotopic (exact) mass is 648 g/mol. The van der Waals surface area contributed by atoms with Crippen LogP contribution in [0.2, 0.25) is 0 Å². The van der Waals surface area contributed by atoms with Crippen molar-refractivity contribution in [1.29, 1.82) is 5.26 Å². The van der Waals surface area contributed by atoms with E-state index in [1.807, 2.05) is 24.3 Å². The molecule has 2 heteroatoms. The quantitative estimate of drug-likeness (QED) is 0.153. The average molecular weight is 649 g/mol. The van der Waals surface area contributed by atoms with E-state index in [0.29, 0.717) is 5.56 Å². The molecule has 0 atom stereocenters. The van der Waals surface area contributed by atoms with E-state index in [4.69, 9.17) is 0 Å². The summed E-state index contributed by atoms with van der Waals surface area (Å²) in [5, 5.41) is 23.7. The van der Waals surface area contributed by atoms with Crippen LogP contribution in [0.3, 0.4) is 0 Å². The molecule has 0 aliphatic heterocycles. The Morgan fingerprint density at radius 3 is 1.39 bits per heavy atom. The van der Waals surface area contributed by atoms with Gasteiger partial charge in [0.15, 0.2) is 0 Å². The van der Waals surface area contributed by atoms with Crippen LogP contribution < -0.4 is 5.32 Å². The normalized spacial score (nSPS) is 12.6. The lowest BCUT2D eigenvalue weighted by molar-refractivity contribution is 0.590. The first-order chi connectivity index (χ1) is 24.9. The average Bonchev–Trinajstić information content (AvgIpc) is 3.66. The zero-order valence-corrected chi connectivity index (χ0v) is 28.6. The Balaban J connectivity index is 1.06. The fourth-order valence-corrected chi connectivity index (χ4v) is 9.01. The van der Waals surface area contributed by atoms with Crippen molar-refractivity contribution in [2.24, 2.45) is 0 Å². The molecule has 1 N–H and O–H groups in total. The number of nitriles is 1. The highest BCUT2D eigenvalue weighted by atomic mass is 14.9. The third-order valence-electron chi connectivity index (χ3n) is 11.5. The highest BCUT2D eigenvalue weighted by molar-refractivity contribution is 6.39. The van der Waals surface area contributed by atoms with Crippen LogP contribution in [0.4, 0.5) is 11.4 Å². The second-order valence-electron chi connectivity index (χ2n) is 15.3. The number of fused-ring (bicyclic) bond motifs is 8. The zero-order chi connectivity index (χ0) is 34.2. The number of benzene rings is 9. The van der Waals surface area contributed by atoms with Crippen LogP contribution in [-0.4, -0.2) is 0 Å². The Labute approximate surface area is 296 Å². The highest BCUT2D eigenvalue weighted by Gasteiger charge is 2.28. The summed E-state index contributed by atoms with van der Waals surface area (Å²) in [4.78, 5) is 0. The van der Waals surface area contributed by atoms with E-state index < -0.39 is 0 Å². The summed E-state index contributed by atoms with van der Waals surface area (Å²) >= 11 is 0. The summed E-state index contributed by atoms with van der Waals surface area (Å²) < 4.78 is 0. The molecule has 2 aliphatic carbocycles. The Morgan fingerprint density at radius 2 is 0.863 bits per heavy atom. The molecule has 2 nitrogen and oxygen atoms in total. The minimum absolute atomic E-state index is 0.132. The van der Waals surface area contributed by atoms with Crippen molar-refractivity contribution in [1.82, 2.24) is 0 Å². The van der Waals surface area contributed by atoms with Gasteiger partial charge in [-0.15, -0.1) is 0 Å². The van der Waals surface area contributed by atoms with Gasteiger partial charge in [-0.25, -0.2) is 0 Å². The van der Waals surface area contributed by atoms with Gasteiger partial charge in [0.1, 0.15) is 0 Å². The molecule has 9 aromatic carbocycles. The number of hydrogen-bond donors (Lipinski definition) is 1. The van der Waals surface area contributed by atoms with Gasteiger partial charge in [0.2, 0.25) is 0 Å². The lowest BCUT2D eigenvalue weighted by Gasteiger charge is -2.19. The van der Waals surface area contributed by atoms with Gasteiger partial charge < -0.3 is 5.32 Å². The molecule has 0 radical (unpaired) electrons. The molecule has 9 aromatic rings. The molecule has 51 heavy (non-hydrogen) atoms. The van der Waals surface area contributed by atoms with Gasteiger partial charge in [0.05, 0.1) is 11.6 Å². The molecule has 2 aliphatic rings. The largest absolute Gasteiger partial charge is 0.356 e. The maximum atomic E-state index is 9.29. The summed E-state index contributed by atoms with van der Waals surface area (Å²) in [5.41, 5.74) is 17.0. The SMILES string of the molecule is CC(C)(C)c1ccc(Nc2ccc3c(c2)-c2ccc4c5ccc6c7c(ccc(c8ccc-3c2c48)c75)-c2cc(-c3ccc(C#N)cc3)ccc2-6)cc1. The number of rotatable bonds is 3. The fraction of sp³-hybridized carbons (Fsp3) is 0.0816.